The highest BCUT2D eigenvalue weighted by Gasteiger charge is 2.33. The number of aliphatic imine (C=N–C) groups is 1. The fourth-order valence-electron chi connectivity index (χ4n) is 4.90. The van der Waals surface area contributed by atoms with Crippen LogP contribution in [0.5, 0.6) is 0 Å². The lowest BCUT2D eigenvalue weighted by Crippen LogP contribution is -2.49. The first-order valence-electron chi connectivity index (χ1n) is 12.5. The van der Waals surface area contributed by atoms with Crippen LogP contribution >= 0.6 is 0 Å². The molecule has 1 saturated heterocycles. The number of benzene rings is 1. The van der Waals surface area contributed by atoms with Crippen molar-refractivity contribution in [2.24, 2.45) is 16.0 Å². The minimum Gasteiger partial charge on any atom is -0.354 e. The maximum Gasteiger partial charge on any atom is 0.156 e. The van der Waals surface area contributed by atoms with Gasteiger partial charge in [-0.25, -0.2) is 4.99 Å². The fraction of sp³-hybridized carbons (Fsp3) is 0.556. The second-order valence-electron chi connectivity index (χ2n) is 9.36. The van der Waals surface area contributed by atoms with Crippen LogP contribution in [0.3, 0.4) is 0 Å². The van der Waals surface area contributed by atoms with Crippen LogP contribution in [0.2, 0.25) is 0 Å². The first-order valence-corrected chi connectivity index (χ1v) is 12.5. The third kappa shape index (κ3) is 4.98. The minimum absolute atomic E-state index is 0.515. The molecule has 0 N–H and O–H groups in total. The van der Waals surface area contributed by atoms with Gasteiger partial charge in [0.15, 0.2) is 5.82 Å². The predicted octanol–water partition coefficient (Wildman–Crippen LogP) is 5.48. The van der Waals surface area contributed by atoms with E-state index in [1.54, 1.807) is 0 Å². The summed E-state index contributed by atoms with van der Waals surface area (Å²) in [5.74, 6) is 2.76. The van der Waals surface area contributed by atoms with Gasteiger partial charge in [0.1, 0.15) is 5.82 Å². The van der Waals surface area contributed by atoms with E-state index in [2.05, 4.69) is 78.9 Å². The van der Waals surface area contributed by atoms with Crippen LogP contribution in [-0.2, 0) is 0 Å². The molecule has 5 heteroatoms. The molecule has 3 aliphatic rings. The summed E-state index contributed by atoms with van der Waals surface area (Å²) in [6, 6.07) is 10.6. The maximum absolute atomic E-state index is 5.22. The molecule has 5 nitrogen and oxygen atoms in total. The van der Waals surface area contributed by atoms with E-state index in [0.717, 1.165) is 50.7 Å². The molecule has 172 valence electrons. The van der Waals surface area contributed by atoms with Gasteiger partial charge in [0, 0.05) is 50.0 Å². The quantitative estimate of drug-likeness (QED) is 0.509. The van der Waals surface area contributed by atoms with E-state index in [1.165, 1.54) is 48.4 Å². The van der Waals surface area contributed by atoms with Gasteiger partial charge < -0.3 is 9.80 Å². The molecule has 1 atom stereocenters. The van der Waals surface area contributed by atoms with Gasteiger partial charge in [-0.2, -0.15) is 10.1 Å². The Kier molecular flexibility index (Phi) is 7.46. The van der Waals surface area contributed by atoms with Crippen LogP contribution in [0.25, 0.3) is 0 Å². The number of hydrazone groups is 1. The predicted molar refractivity (Wildman–Crippen MR) is 135 cm³/mol. The van der Waals surface area contributed by atoms with Crippen LogP contribution in [0, 0.1) is 5.92 Å². The molecule has 0 spiro atoms. The molecule has 0 aliphatic carbocycles. The number of fused-ring (bicyclic) bond motifs is 1. The van der Waals surface area contributed by atoms with Crippen LogP contribution in [0.15, 0.2) is 63.7 Å². The number of likely N-dealkylation sites (N-methyl/N-ethyl adjacent to an activating group) is 1. The van der Waals surface area contributed by atoms with Crippen molar-refractivity contribution in [2.45, 2.75) is 59.8 Å². The maximum atomic E-state index is 5.22. The van der Waals surface area contributed by atoms with Gasteiger partial charge in [-0.15, -0.1) is 0 Å². The molecule has 0 aromatic heterocycles. The number of nitrogens with zero attached hydrogens (tertiary/aromatic N) is 5. The molecule has 3 aliphatic heterocycles. The van der Waals surface area contributed by atoms with Gasteiger partial charge >= 0.3 is 0 Å². The van der Waals surface area contributed by atoms with E-state index in [0.29, 0.717) is 5.92 Å². The zero-order valence-electron chi connectivity index (χ0n) is 20.3. The Morgan fingerprint density at radius 1 is 1.00 bits per heavy atom. The van der Waals surface area contributed by atoms with Crippen molar-refractivity contribution in [3.63, 3.8) is 0 Å². The SMILES string of the molecule is CCCCCC(C)C1=C2N=C(c3ccccc3)C=C(N3CCN(CC)CC3)N2N=C(C)C1. The molecule has 0 radical (unpaired) electrons. The molecule has 0 amide bonds. The second-order valence-corrected chi connectivity index (χ2v) is 9.36. The number of hydrogen-bond acceptors (Lipinski definition) is 5. The van der Waals surface area contributed by atoms with Gasteiger partial charge in [-0.05, 0) is 31.4 Å². The molecule has 1 fully saturated rings. The summed E-state index contributed by atoms with van der Waals surface area (Å²) in [5.41, 5.74) is 4.86. The Balaban J connectivity index is 1.72. The lowest BCUT2D eigenvalue weighted by Gasteiger charge is -2.42. The van der Waals surface area contributed by atoms with Gasteiger partial charge in [-0.3, -0.25) is 0 Å². The third-order valence-electron chi connectivity index (χ3n) is 6.96. The average molecular weight is 434 g/mol. The molecular weight excluding hydrogens is 394 g/mol. The summed E-state index contributed by atoms with van der Waals surface area (Å²) in [6.07, 6.45) is 8.25. The molecule has 0 saturated carbocycles. The fourth-order valence-corrected chi connectivity index (χ4v) is 4.90. The van der Waals surface area contributed by atoms with Crippen molar-refractivity contribution in [1.82, 2.24) is 14.8 Å². The van der Waals surface area contributed by atoms with Gasteiger partial charge in [-0.1, -0.05) is 70.4 Å². The summed E-state index contributed by atoms with van der Waals surface area (Å²) in [6.45, 7) is 14.4. The van der Waals surface area contributed by atoms with Gasteiger partial charge in [0.2, 0.25) is 0 Å². The van der Waals surface area contributed by atoms with Crippen LogP contribution < -0.4 is 0 Å². The number of piperazine rings is 1. The van der Waals surface area contributed by atoms with Crippen molar-refractivity contribution >= 4 is 11.4 Å². The van der Waals surface area contributed by atoms with Crippen molar-refractivity contribution in [2.75, 3.05) is 32.7 Å². The average Bonchev–Trinajstić information content (AvgIpc) is 2.83. The highest BCUT2D eigenvalue weighted by Crippen LogP contribution is 2.36. The molecular formula is C27H39N5. The second kappa shape index (κ2) is 10.5. The Morgan fingerprint density at radius 3 is 2.44 bits per heavy atom. The van der Waals surface area contributed by atoms with E-state index >= 15 is 0 Å². The first-order chi connectivity index (χ1) is 15.6. The normalized spacial score (nSPS) is 20.6. The van der Waals surface area contributed by atoms with Crippen LogP contribution in [0.1, 0.15) is 65.4 Å². The van der Waals surface area contributed by atoms with Crippen molar-refractivity contribution < 1.29 is 0 Å². The van der Waals surface area contributed by atoms with Crippen molar-refractivity contribution in [3.05, 3.63) is 59.2 Å². The third-order valence-corrected chi connectivity index (χ3v) is 6.96. The smallest absolute Gasteiger partial charge is 0.156 e. The Morgan fingerprint density at radius 2 is 1.75 bits per heavy atom. The number of hydrogen-bond donors (Lipinski definition) is 0. The van der Waals surface area contributed by atoms with Crippen molar-refractivity contribution in [1.29, 1.82) is 0 Å². The topological polar surface area (TPSA) is 34.4 Å². The molecule has 1 aromatic rings. The molecule has 4 rings (SSSR count). The molecule has 3 heterocycles. The summed E-state index contributed by atoms with van der Waals surface area (Å²) < 4.78 is 0. The molecule has 32 heavy (non-hydrogen) atoms. The van der Waals surface area contributed by atoms with E-state index in [-0.39, 0.29) is 0 Å². The highest BCUT2D eigenvalue weighted by molar-refractivity contribution is 6.10. The van der Waals surface area contributed by atoms with Crippen molar-refractivity contribution in [3.8, 4) is 0 Å². The van der Waals surface area contributed by atoms with E-state index in [4.69, 9.17) is 10.1 Å². The molecule has 1 aromatic carbocycles. The standard InChI is InChI=1S/C27H39N5/c1-5-7-9-12-21(3)24-19-22(4)29-32-26(31-17-15-30(6-2)16-18-31)20-25(28-27(24)32)23-13-10-8-11-14-23/h8,10-11,13-14,20-21H,5-7,9,12,15-19H2,1-4H3. The van der Waals surface area contributed by atoms with E-state index < -0.39 is 0 Å². The molecule has 1 unspecified atom stereocenters. The Hall–Kier alpha value is -2.40. The Labute approximate surface area is 194 Å². The number of allylic oxidation sites excluding steroid dienone is 2. The lowest BCUT2D eigenvalue weighted by molar-refractivity contribution is 0.134. The Bertz CT molecular complexity index is 903. The van der Waals surface area contributed by atoms with E-state index in [9.17, 15) is 0 Å². The summed E-state index contributed by atoms with van der Waals surface area (Å²) >= 11 is 0. The first kappa shape index (κ1) is 22.8. The lowest BCUT2D eigenvalue weighted by atomic mass is 9.90. The van der Waals surface area contributed by atoms with Gasteiger partial charge in [0.25, 0.3) is 0 Å². The highest BCUT2D eigenvalue weighted by atomic mass is 15.6. The summed E-state index contributed by atoms with van der Waals surface area (Å²) in [5, 5.41) is 7.17. The number of unbranched alkanes of at least 4 members (excludes halogenated alkanes) is 2. The van der Waals surface area contributed by atoms with Crippen LogP contribution in [-0.4, -0.2) is 59.0 Å². The monoisotopic (exact) mass is 433 g/mol. The van der Waals surface area contributed by atoms with Crippen LogP contribution in [0.4, 0.5) is 0 Å². The molecule has 0 bridgehead atoms. The minimum atomic E-state index is 0.515. The van der Waals surface area contributed by atoms with E-state index in [1.807, 2.05) is 0 Å². The zero-order valence-corrected chi connectivity index (χ0v) is 20.3. The van der Waals surface area contributed by atoms with Gasteiger partial charge in [0.05, 0.1) is 5.71 Å². The number of rotatable bonds is 8. The summed E-state index contributed by atoms with van der Waals surface area (Å²) in [7, 11) is 0. The largest absolute Gasteiger partial charge is 0.354 e. The zero-order chi connectivity index (χ0) is 22.5. The summed E-state index contributed by atoms with van der Waals surface area (Å²) in [4.78, 5) is 10.2.